The van der Waals surface area contributed by atoms with E-state index in [2.05, 4.69) is 26.4 Å². The molecule has 1 unspecified atom stereocenters. The van der Waals surface area contributed by atoms with Gasteiger partial charge in [-0.05, 0) is 29.3 Å². The number of carbonyl (C=O) groups excluding carboxylic acids is 2. The number of carbonyl (C=O) groups is 2. The zero-order valence-electron chi connectivity index (χ0n) is 14.8. The topological polar surface area (TPSA) is 127 Å². The Morgan fingerprint density at radius 3 is 2.96 bits per heavy atom. The predicted octanol–water partition coefficient (Wildman–Crippen LogP) is 0.825. The number of aromatic hydroxyl groups is 1. The predicted molar refractivity (Wildman–Crippen MR) is 97.7 cm³/mol. The largest absolute Gasteiger partial charge is 0.503 e. The van der Waals surface area contributed by atoms with Crippen molar-refractivity contribution < 1.29 is 24.0 Å². The van der Waals surface area contributed by atoms with Crippen LogP contribution in [0.5, 0.6) is 5.75 Å². The molecule has 2 aromatic heterocycles. The molecule has 2 aromatic rings. The maximum absolute atomic E-state index is 12.8. The Morgan fingerprint density at radius 1 is 1.46 bits per heavy atom. The van der Waals surface area contributed by atoms with Gasteiger partial charge in [0.05, 0.1) is 19.7 Å². The van der Waals surface area contributed by atoms with Gasteiger partial charge in [0, 0.05) is 18.3 Å². The van der Waals surface area contributed by atoms with E-state index in [0.29, 0.717) is 23.4 Å². The summed E-state index contributed by atoms with van der Waals surface area (Å²) < 4.78 is 12.5. The van der Waals surface area contributed by atoms with E-state index in [1.54, 1.807) is 6.07 Å². The lowest BCUT2D eigenvalue weighted by molar-refractivity contribution is -0.112. The molecule has 28 heavy (non-hydrogen) atoms. The van der Waals surface area contributed by atoms with Gasteiger partial charge in [0.1, 0.15) is 10.2 Å². The third-order valence-electron chi connectivity index (χ3n) is 4.88. The maximum atomic E-state index is 12.8. The van der Waals surface area contributed by atoms with Crippen LogP contribution in [0.25, 0.3) is 0 Å². The van der Waals surface area contributed by atoms with Crippen molar-refractivity contribution >= 4 is 27.7 Å². The summed E-state index contributed by atoms with van der Waals surface area (Å²) in [6.07, 6.45) is 1.44. The number of nitrogens with zero attached hydrogens (tertiary/aromatic N) is 3. The van der Waals surface area contributed by atoms with Crippen LogP contribution in [0, 0.1) is 0 Å². The highest BCUT2D eigenvalue weighted by atomic mass is 79.9. The molecule has 2 aliphatic rings. The van der Waals surface area contributed by atoms with Gasteiger partial charge in [-0.25, -0.2) is 0 Å². The summed E-state index contributed by atoms with van der Waals surface area (Å²) in [6, 6.07) is 1.51. The molecular formula is C17H17BrN4O6. The Hall–Kier alpha value is -2.66. The smallest absolute Gasteiger partial charge is 0.276 e. The number of ether oxygens (including phenoxy) is 1. The minimum atomic E-state index is -0.903. The minimum absolute atomic E-state index is 0.00927. The molecule has 4 rings (SSSR count). The first-order valence-corrected chi connectivity index (χ1v) is 9.46. The van der Waals surface area contributed by atoms with Gasteiger partial charge in [-0.2, -0.15) is 0 Å². The van der Waals surface area contributed by atoms with Crippen molar-refractivity contribution in [2.75, 3.05) is 6.61 Å². The van der Waals surface area contributed by atoms with Crippen molar-refractivity contribution in [3.8, 4) is 5.75 Å². The third kappa shape index (κ3) is 3.10. The number of amides is 2. The van der Waals surface area contributed by atoms with E-state index in [1.165, 1.54) is 15.7 Å². The van der Waals surface area contributed by atoms with Crippen LogP contribution in [0.1, 0.15) is 40.0 Å². The van der Waals surface area contributed by atoms with Crippen LogP contribution in [-0.2, 0) is 17.8 Å². The highest BCUT2D eigenvalue weighted by molar-refractivity contribution is 9.10. The molecule has 148 valence electrons. The number of pyridine rings is 1. The summed E-state index contributed by atoms with van der Waals surface area (Å²) in [5.41, 5.74) is -1.31. The van der Waals surface area contributed by atoms with Crippen LogP contribution in [0.3, 0.4) is 0 Å². The molecule has 1 saturated heterocycles. The molecule has 2 amide bonds. The fourth-order valence-electron chi connectivity index (χ4n) is 3.45. The normalized spacial score (nSPS) is 21.2. The summed E-state index contributed by atoms with van der Waals surface area (Å²) in [7, 11) is 0. The molecule has 0 radical (unpaired) electrons. The first-order chi connectivity index (χ1) is 13.4. The highest BCUT2D eigenvalue weighted by Gasteiger charge is 2.41. The second kappa shape index (κ2) is 7.06. The number of nitrogens with one attached hydrogen (secondary N) is 1. The van der Waals surface area contributed by atoms with Crippen molar-refractivity contribution in [3.63, 3.8) is 0 Å². The lowest BCUT2D eigenvalue weighted by Gasteiger charge is -2.44. The molecule has 2 atom stereocenters. The minimum Gasteiger partial charge on any atom is -0.503 e. The van der Waals surface area contributed by atoms with Gasteiger partial charge < -0.3 is 29.2 Å². The van der Waals surface area contributed by atoms with Gasteiger partial charge in [-0.1, -0.05) is 5.16 Å². The Bertz CT molecular complexity index is 1020. The van der Waals surface area contributed by atoms with E-state index in [-0.39, 0.29) is 30.4 Å². The molecule has 0 aromatic carbocycles. The van der Waals surface area contributed by atoms with E-state index < -0.39 is 29.2 Å². The lowest BCUT2D eigenvalue weighted by Crippen LogP contribution is -2.57. The standard InChI is InChI=1S/C17H17BrN4O6/c1-8-2-3-27-12-7-21-6-10(14(23)15(24)13(21)17(26)22(8)12)16(25)19-5-9-4-11(18)20-28-9/h4,6,8,12,24H,2-3,5,7H2,1H3,(H,19,25)/t8-,12?/m1/s1. The van der Waals surface area contributed by atoms with Crippen molar-refractivity contribution in [1.29, 1.82) is 0 Å². The average Bonchev–Trinajstić information content (AvgIpc) is 3.07. The van der Waals surface area contributed by atoms with Gasteiger partial charge in [0.15, 0.2) is 23.4 Å². The molecule has 4 heterocycles. The zero-order chi connectivity index (χ0) is 20.0. The van der Waals surface area contributed by atoms with Crippen LogP contribution in [0.4, 0.5) is 0 Å². The summed E-state index contributed by atoms with van der Waals surface area (Å²) in [4.78, 5) is 39.3. The Morgan fingerprint density at radius 2 is 2.25 bits per heavy atom. The van der Waals surface area contributed by atoms with E-state index >= 15 is 0 Å². The van der Waals surface area contributed by atoms with Crippen LogP contribution in [0.2, 0.25) is 0 Å². The molecule has 0 bridgehead atoms. The van der Waals surface area contributed by atoms with Crippen LogP contribution in [0.15, 0.2) is 26.2 Å². The first-order valence-electron chi connectivity index (χ1n) is 8.66. The fourth-order valence-corrected chi connectivity index (χ4v) is 3.78. The number of hydrogen-bond donors (Lipinski definition) is 2. The van der Waals surface area contributed by atoms with Crippen molar-refractivity contribution in [2.45, 2.75) is 38.7 Å². The van der Waals surface area contributed by atoms with Crippen molar-refractivity contribution in [3.05, 3.63) is 44.1 Å². The van der Waals surface area contributed by atoms with Gasteiger partial charge >= 0.3 is 0 Å². The third-order valence-corrected chi connectivity index (χ3v) is 5.25. The molecule has 10 nitrogen and oxygen atoms in total. The molecule has 0 saturated carbocycles. The summed E-state index contributed by atoms with van der Waals surface area (Å²) in [5.74, 6) is -1.54. The van der Waals surface area contributed by atoms with E-state index in [1.807, 2.05) is 6.92 Å². The molecule has 0 spiro atoms. The monoisotopic (exact) mass is 452 g/mol. The summed E-state index contributed by atoms with van der Waals surface area (Å²) >= 11 is 3.13. The van der Waals surface area contributed by atoms with Gasteiger partial charge in [0.25, 0.3) is 11.8 Å². The second-order valence-electron chi connectivity index (χ2n) is 6.70. The zero-order valence-corrected chi connectivity index (χ0v) is 16.4. The number of halogens is 1. The number of hydrogen-bond acceptors (Lipinski definition) is 7. The Balaban J connectivity index is 1.64. The van der Waals surface area contributed by atoms with Gasteiger partial charge in [-0.15, -0.1) is 0 Å². The Labute approximate surface area is 167 Å². The van der Waals surface area contributed by atoms with Gasteiger partial charge in [-0.3, -0.25) is 14.4 Å². The highest BCUT2D eigenvalue weighted by Crippen LogP contribution is 2.29. The number of rotatable bonds is 3. The molecular weight excluding hydrogens is 436 g/mol. The van der Waals surface area contributed by atoms with Crippen LogP contribution < -0.4 is 10.7 Å². The first kappa shape index (κ1) is 18.7. The van der Waals surface area contributed by atoms with Crippen LogP contribution >= 0.6 is 15.9 Å². The van der Waals surface area contributed by atoms with Crippen molar-refractivity contribution in [1.82, 2.24) is 19.9 Å². The quantitative estimate of drug-likeness (QED) is 0.705. The lowest BCUT2D eigenvalue weighted by atomic mass is 10.1. The molecule has 2 N–H and O–H groups in total. The summed E-state index contributed by atoms with van der Waals surface area (Å²) in [6.45, 7) is 2.63. The summed E-state index contributed by atoms with van der Waals surface area (Å²) in [5, 5.41) is 16.5. The van der Waals surface area contributed by atoms with Crippen LogP contribution in [-0.4, -0.2) is 50.4 Å². The molecule has 0 aliphatic carbocycles. The SMILES string of the molecule is C[C@@H]1CCOC2Cn3cc(C(=O)NCc4cc(Br)no4)c(=O)c(O)c3C(=O)N21. The fraction of sp³-hybridized carbons (Fsp3) is 0.412. The average molecular weight is 453 g/mol. The van der Waals surface area contributed by atoms with E-state index in [0.717, 1.165) is 0 Å². The Kier molecular flexibility index (Phi) is 4.71. The van der Waals surface area contributed by atoms with Crippen molar-refractivity contribution in [2.24, 2.45) is 0 Å². The molecule has 11 heteroatoms. The van der Waals surface area contributed by atoms with E-state index in [9.17, 15) is 19.5 Å². The second-order valence-corrected chi connectivity index (χ2v) is 7.51. The van der Waals surface area contributed by atoms with Gasteiger partial charge in [0.2, 0.25) is 5.43 Å². The molecule has 2 aliphatic heterocycles. The number of aromatic nitrogens is 2. The number of fused-ring (bicyclic) bond motifs is 2. The molecule has 1 fully saturated rings. The van der Waals surface area contributed by atoms with E-state index in [4.69, 9.17) is 9.26 Å². The maximum Gasteiger partial charge on any atom is 0.276 e.